The fourth-order valence-electron chi connectivity index (χ4n) is 1.90. The number of halogens is 1. The summed E-state index contributed by atoms with van der Waals surface area (Å²) >= 11 is 7.54. The summed E-state index contributed by atoms with van der Waals surface area (Å²) in [5.41, 5.74) is 0.867. The van der Waals surface area contributed by atoms with Gasteiger partial charge in [0.05, 0.1) is 0 Å². The first kappa shape index (κ1) is 12.9. The van der Waals surface area contributed by atoms with Crippen molar-refractivity contribution >= 4 is 22.9 Å². The van der Waals surface area contributed by atoms with E-state index in [0.29, 0.717) is 16.4 Å². The van der Waals surface area contributed by atoms with Crippen LogP contribution in [0.5, 0.6) is 5.88 Å². The Kier molecular flexibility index (Phi) is 3.30. The maximum atomic E-state index is 12.2. The van der Waals surface area contributed by atoms with E-state index in [1.807, 2.05) is 16.8 Å². The highest BCUT2D eigenvalue weighted by Crippen LogP contribution is 2.31. The van der Waals surface area contributed by atoms with Crippen molar-refractivity contribution in [1.82, 2.24) is 9.97 Å². The van der Waals surface area contributed by atoms with Gasteiger partial charge in [-0.25, -0.2) is 0 Å². The van der Waals surface area contributed by atoms with Crippen LogP contribution < -0.4 is 5.56 Å². The normalized spacial score (nSPS) is 10.7. The Hall–Kier alpha value is -2.11. The number of aromatic hydroxyl groups is 1. The number of aromatic nitrogens is 2. The Morgan fingerprint density at radius 1 is 1.25 bits per heavy atom. The number of hydrogen-bond acceptors (Lipinski definition) is 4. The van der Waals surface area contributed by atoms with Crippen LogP contribution in [0, 0.1) is 0 Å². The van der Waals surface area contributed by atoms with Crippen LogP contribution in [0.15, 0.2) is 45.9 Å². The molecule has 0 fully saturated rings. The van der Waals surface area contributed by atoms with Gasteiger partial charge in [-0.2, -0.15) is 16.3 Å². The van der Waals surface area contributed by atoms with E-state index >= 15 is 0 Å². The van der Waals surface area contributed by atoms with Gasteiger partial charge in [0.1, 0.15) is 11.4 Å². The van der Waals surface area contributed by atoms with Crippen LogP contribution in [0.25, 0.3) is 22.5 Å². The maximum absolute atomic E-state index is 12.2. The van der Waals surface area contributed by atoms with Crippen molar-refractivity contribution in [3.63, 3.8) is 0 Å². The highest BCUT2D eigenvalue weighted by atomic mass is 35.5. The van der Waals surface area contributed by atoms with Crippen molar-refractivity contribution < 1.29 is 5.11 Å². The summed E-state index contributed by atoms with van der Waals surface area (Å²) < 4.78 is 0. The zero-order valence-electron chi connectivity index (χ0n) is 10.1. The molecular formula is C14H9ClN2O2S. The average Bonchev–Trinajstić information content (AvgIpc) is 2.94. The topological polar surface area (TPSA) is 66.0 Å². The van der Waals surface area contributed by atoms with E-state index < -0.39 is 5.56 Å². The van der Waals surface area contributed by atoms with Crippen molar-refractivity contribution in [2.24, 2.45) is 0 Å². The SMILES string of the molecule is O=c1[nH]c(-c2ccsc2)nc(O)c1-c1ccccc1Cl. The summed E-state index contributed by atoms with van der Waals surface area (Å²) in [5.74, 6) is 0.00704. The molecule has 0 saturated carbocycles. The van der Waals surface area contributed by atoms with Crippen molar-refractivity contribution in [3.8, 4) is 28.4 Å². The van der Waals surface area contributed by atoms with Gasteiger partial charge in [0, 0.05) is 21.5 Å². The minimum atomic E-state index is -0.424. The lowest BCUT2D eigenvalue weighted by atomic mass is 10.1. The van der Waals surface area contributed by atoms with Gasteiger partial charge in [0.15, 0.2) is 0 Å². The van der Waals surface area contributed by atoms with Gasteiger partial charge in [-0.1, -0.05) is 29.8 Å². The molecule has 0 bridgehead atoms. The molecule has 3 rings (SSSR count). The lowest BCUT2D eigenvalue weighted by molar-refractivity contribution is 0.454. The number of hydrogen-bond donors (Lipinski definition) is 2. The molecule has 0 unspecified atom stereocenters. The number of H-pyrrole nitrogens is 1. The number of thiophene rings is 1. The van der Waals surface area contributed by atoms with Gasteiger partial charge in [-0.15, -0.1) is 0 Å². The summed E-state index contributed by atoms with van der Waals surface area (Å²) in [4.78, 5) is 18.9. The quantitative estimate of drug-likeness (QED) is 0.761. The van der Waals surface area contributed by atoms with Crippen LogP contribution in [0.4, 0.5) is 0 Å². The van der Waals surface area contributed by atoms with Gasteiger partial charge in [0.2, 0.25) is 5.88 Å². The average molecular weight is 305 g/mol. The lowest BCUT2D eigenvalue weighted by Gasteiger charge is -2.06. The summed E-state index contributed by atoms with van der Waals surface area (Å²) in [7, 11) is 0. The standard InChI is InChI=1S/C14H9ClN2O2S/c15-10-4-2-1-3-9(10)11-13(18)16-12(17-14(11)19)8-5-6-20-7-8/h1-7H,(H2,16,17,18,19). The first-order valence-electron chi connectivity index (χ1n) is 5.77. The minimum absolute atomic E-state index is 0.0783. The van der Waals surface area contributed by atoms with E-state index in [1.54, 1.807) is 24.3 Å². The van der Waals surface area contributed by atoms with E-state index in [1.165, 1.54) is 11.3 Å². The van der Waals surface area contributed by atoms with Crippen molar-refractivity contribution in [3.05, 3.63) is 56.5 Å². The van der Waals surface area contributed by atoms with Gasteiger partial charge >= 0.3 is 0 Å². The molecule has 2 heterocycles. The molecule has 0 spiro atoms. The third kappa shape index (κ3) is 2.21. The molecule has 6 heteroatoms. The van der Waals surface area contributed by atoms with Crippen LogP contribution in [0.3, 0.4) is 0 Å². The molecule has 2 N–H and O–H groups in total. The third-order valence-corrected chi connectivity index (χ3v) is 3.85. The fraction of sp³-hybridized carbons (Fsp3) is 0. The largest absolute Gasteiger partial charge is 0.493 e. The van der Waals surface area contributed by atoms with Gasteiger partial charge in [-0.3, -0.25) is 4.79 Å². The zero-order valence-corrected chi connectivity index (χ0v) is 11.7. The second kappa shape index (κ2) is 5.11. The van der Waals surface area contributed by atoms with Gasteiger partial charge in [-0.05, 0) is 17.5 Å². The molecule has 3 aromatic rings. The molecule has 20 heavy (non-hydrogen) atoms. The van der Waals surface area contributed by atoms with Gasteiger partial charge in [0.25, 0.3) is 5.56 Å². The maximum Gasteiger partial charge on any atom is 0.262 e. The summed E-state index contributed by atoms with van der Waals surface area (Å²) in [6.45, 7) is 0. The van der Waals surface area contributed by atoms with E-state index in [2.05, 4.69) is 9.97 Å². The minimum Gasteiger partial charge on any atom is -0.493 e. The Bertz CT molecular complexity index is 812. The molecule has 0 aliphatic heterocycles. The number of benzene rings is 1. The molecule has 0 amide bonds. The molecule has 1 aromatic carbocycles. The molecule has 2 aromatic heterocycles. The molecule has 100 valence electrons. The summed E-state index contributed by atoms with van der Waals surface area (Å²) in [6.07, 6.45) is 0. The molecule has 0 aliphatic carbocycles. The first-order chi connectivity index (χ1) is 9.66. The highest BCUT2D eigenvalue weighted by molar-refractivity contribution is 7.08. The van der Waals surface area contributed by atoms with Crippen molar-refractivity contribution in [2.45, 2.75) is 0 Å². The molecule has 0 atom stereocenters. The number of nitrogens with zero attached hydrogens (tertiary/aromatic N) is 1. The Morgan fingerprint density at radius 3 is 2.70 bits per heavy atom. The van der Waals surface area contributed by atoms with Crippen LogP contribution in [0.2, 0.25) is 5.02 Å². The van der Waals surface area contributed by atoms with E-state index in [0.717, 1.165) is 5.56 Å². The first-order valence-corrected chi connectivity index (χ1v) is 7.09. The monoisotopic (exact) mass is 304 g/mol. The van der Waals surface area contributed by atoms with Crippen molar-refractivity contribution in [2.75, 3.05) is 0 Å². The molecular weight excluding hydrogens is 296 g/mol. The lowest BCUT2D eigenvalue weighted by Crippen LogP contribution is -2.12. The Morgan fingerprint density at radius 2 is 2.05 bits per heavy atom. The fourth-order valence-corrected chi connectivity index (χ4v) is 2.77. The van der Waals surface area contributed by atoms with E-state index in [-0.39, 0.29) is 11.4 Å². The molecule has 0 aliphatic rings. The molecule has 4 nitrogen and oxygen atoms in total. The second-order valence-corrected chi connectivity index (χ2v) is 5.29. The summed E-state index contributed by atoms with van der Waals surface area (Å²) in [5, 5.41) is 14.2. The van der Waals surface area contributed by atoms with Crippen molar-refractivity contribution in [1.29, 1.82) is 0 Å². The van der Waals surface area contributed by atoms with Gasteiger partial charge < -0.3 is 10.1 Å². The number of nitrogens with one attached hydrogen (secondary N) is 1. The predicted octanol–water partition coefficient (Wildman–Crippen LogP) is 3.52. The molecule has 0 saturated heterocycles. The second-order valence-electron chi connectivity index (χ2n) is 4.11. The van der Waals surface area contributed by atoms with Crippen LogP contribution in [-0.2, 0) is 0 Å². The van der Waals surface area contributed by atoms with E-state index in [9.17, 15) is 9.90 Å². The zero-order chi connectivity index (χ0) is 14.1. The van der Waals surface area contributed by atoms with Crippen LogP contribution >= 0.6 is 22.9 Å². The third-order valence-electron chi connectivity index (χ3n) is 2.84. The van der Waals surface area contributed by atoms with Crippen LogP contribution in [0.1, 0.15) is 0 Å². The smallest absolute Gasteiger partial charge is 0.262 e. The number of aromatic amines is 1. The summed E-state index contributed by atoms with van der Waals surface area (Å²) in [6, 6.07) is 8.63. The van der Waals surface area contributed by atoms with Crippen LogP contribution in [-0.4, -0.2) is 15.1 Å². The van der Waals surface area contributed by atoms with E-state index in [4.69, 9.17) is 11.6 Å². The predicted molar refractivity (Wildman–Crippen MR) is 80.3 cm³/mol. The highest BCUT2D eigenvalue weighted by Gasteiger charge is 2.16. The Balaban J connectivity index is 2.20. The Labute approximate surface area is 123 Å². The number of rotatable bonds is 2. The molecule has 0 radical (unpaired) electrons.